The number of aromatic nitrogens is 4. The Bertz CT molecular complexity index is 1550. The molecule has 4 rings (SSSR count). The molecule has 0 radical (unpaired) electrons. The van der Waals surface area contributed by atoms with Gasteiger partial charge in [0.15, 0.2) is 5.65 Å². The SMILES string of the molecule is CCCC(CC(=O)NS(=O)(=O)CC)n1c(=O)n([C@@H](C)c2c[nH]c3cccc(C)c23)c2cccnc21. The molecular formula is C25H31N5O4S. The van der Waals surface area contributed by atoms with Crippen LogP contribution in [0, 0.1) is 6.92 Å². The highest BCUT2D eigenvalue weighted by Gasteiger charge is 2.27. The minimum atomic E-state index is -3.69. The largest absolute Gasteiger partial charge is 0.361 e. The molecule has 35 heavy (non-hydrogen) atoms. The smallest absolute Gasteiger partial charge is 0.331 e. The maximum absolute atomic E-state index is 13.9. The number of carbonyl (C=O) groups is 1. The summed E-state index contributed by atoms with van der Waals surface area (Å²) in [6.45, 7) is 7.44. The molecule has 0 saturated carbocycles. The van der Waals surface area contributed by atoms with E-state index in [1.54, 1.807) is 21.4 Å². The molecule has 1 amide bonds. The topological polar surface area (TPSA) is 119 Å². The number of sulfonamides is 1. The lowest BCUT2D eigenvalue weighted by atomic mass is 10.0. The molecule has 1 unspecified atom stereocenters. The molecule has 0 aliphatic rings. The maximum atomic E-state index is 13.9. The van der Waals surface area contributed by atoms with Crippen LogP contribution in [0.3, 0.4) is 0 Å². The van der Waals surface area contributed by atoms with Crippen molar-refractivity contribution in [2.45, 2.75) is 59.0 Å². The highest BCUT2D eigenvalue weighted by Crippen LogP contribution is 2.31. The van der Waals surface area contributed by atoms with E-state index in [1.165, 1.54) is 6.92 Å². The summed E-state index contributed by atoms with van der Waals surface area (Å²) in [5.74, 6) is -0.825. The van der Waals surface area contributed by atoms with Gasteiger partial charge in [-0.25, -0.2) is 18.2 Å². The van der Waals surface area contributed by atoms with Crippen LogP contribution in [0.4, 0.5) is 0 Å². The summed E-state index contributed by atoms with van der Waals surface area (Å²) in [7, 11) is -3.69. The first-order valence-corrected chi connectivity index (χ1v) is 13.5. The third-order valence-corrected chi connectivity index (χ3v) is 7.80. The Kier molecular flexibility index (Phi) is 6.84. The number of rotatable bonds is 9. The fraction of sp³-hybridized carbons (Fsp3) is 0.400. The molecule has 0 spiro atoms. The Hall–Kier alpha value is -3.40. The predicted molar refractivity (Wildman–Crippen MR) is 137 cm³/mol. The highest BCUT2D eigenvalue weighted by atomic mass is 32.2. The van der Waals surface area contributed by atoms with Crippen LogP contribution < -0.4 is 10.4 Å². The molecule has 0 aliphatic carbocycles. The van der Waals surface area contributed by atoms with Crippen molar-refractivity contribution in [3.05, 3.63) is 64.3 Å². The monoisotopic (exact) mass is 497 g/mol. The summed E-state index contributed by atoms with van der Waals surface area (Å²) >= 11 is 0. The first kappa shape index (κ1) is 24.7. The van der Waals surface area contributed by atoms with Crippen LogP contribution in [0.1, 0.15) is 63.2 Å². The minimum absolute atomic E-state index is 0.136. The van der Waals surface area contributed by atoms with Gasteiger partial charge in [-0.15, -0.1) is 0 Å². The summed E-state index contributed by atoms with van der Waals surface area (Å²) in [5, 5.41) is 1.07. The quantitative estimate of drug-likeness (QED) is 0.365. The van der Waals surface area contributed by atoms with Gasteiger partial charge in [-0.2, -0.15) is 0 Å². The van der Waals surface area contributed by atoms with Crippen LogP contribution in [0.5, 0.6) is 0 Å². The summed E-state index contributed by atoms with van der Waals surface area (Å²) in [6.07, 6.45) is 4.65. The van der Waals surface area contributed by atoms with Crippen LogP contribution in [-0.2, 0) is 14.8 Å². The number of imidazole rings is 1. The van der Waals surface area contributed by atoms with Crippen molar-refractivity contribution in [2.75, 3.05) is 5.75 Å². The van der Waals surface area contributed by atoms with Crippen molar-refractivity contribution >= 4 is 38.0 Å². The molecule has 1 aromatic carbocycles. The lowest BCUT2D eigenvalue weighted by Crippen LogP contribution is -2.36. The van der Waals surface area contributed by atoms with E-state index in [1.807, 2.05) is 51.2 Å². The van der Waals surface area contributed by atoms with Crippen molar-refractivity contribution in [3.63, 3.8) is 0 Å². The Morgan fingerprint density at radius 2 is 1.94 bits per heavy atom. The number of aromatic amines is 1. The van der Waals surface area contributed by atoms with Gasteiger partial charge in [-0.3, -0.25) is 18.7 Å². The molecule has 3 heterocycles. The van der Waals surface area contributed by atoms with Gasteiger partial charge >= 0.3 is 5.69 Å². The van der Waals surface area contributed by atoms with E-state index in [9.17, 15) is 18.0 Å². The van der Waals surface area contributed by atoms with E-state index >= 15 is 0 Å². The number of aryl methyl sites for hydroxylation is 1. The van der Waals surface area contributed by atoms with E-state index in [4.69, 9.17) is 0 Å². The molecule has 4 aromatic rings. The van der Waals surface area contributed by atoms with E-state index in [0.29, 0.717) is 24.0 Å². The van der Waals surface area contributed by atoms with Gasteiger partial charge in [0, 0.05) is 41.3 Å². The Labute approximate surface area is 204 Å². The van der Waals surface area contributed by atoms with E-state index in [-0.39, 0.29) is 23.9 Å². The number of benzene rings is 1. The fourth-order valence-corrected chi connectivity index (χ4v) is 5.37. The first-order chi connectivity index (χ1) is 16.7. The standard InChI is InChI=1S/C25H31N5O4S/c1-5-9-18(14-22(31)28-35(33,34)6-2)30-24-21(12-8-13-26-24)29(25(30)32)17(4)19-15-27-20-11-7-10-16(3)23(19)20/h7-8,10-13,15,17-18,27H,5-6,9,14H2,1-4H3,(H,28,31)/t17-,18?/m0/s1. The van der Waals surface area contributed by atoms with Crippen LogP contribution in [-0.4, -0.2) is 39.2 Å². The summed E-state index contributed by atoms with van der Waals surface area (Å²) in [4.78, 5) is 34.3. The summed E-state index contributed by atoms with van der Waals surface area (Å²) in [6, 6.07) is 8.84. The zero-order valence-electron chi connectivity index (χ0n) is 20.4. The van der Waals surface area contributed by atoms with Gasteiger partial charge in [0.1, 0.15) is 0 Å². The number of H-pyrrole nitrogens is 1. The van der Waals surface area contributed by atoms with Gasteiger partial charge in [-0.1, -0.05) is 25.5 Å². The average molecular weight is 498 g/mol. The summed E-state index contributed by atoms with van der Waals surface area (Å²) < 4.78 is 29.2. The average Bonchev–Trinajstić information content (AvgIpc) is 3.37. The number of nitrogens with one attached hydrogen (secondary N) is 2. The van der Waals surface area contributed by atoms with Crippen molar-refractivity contribution in [1.82, 2.24) is 23.8 Å². The third kappa shape index (κ3) is 4.62. The number of carbonyl (C=O) groups excluding carboxylic acids is 1. The minimum Gasteiger partial charge on any atom is -0.361 e. The first-order valence-electron chi connectivity index (χ1n) is 11.9. The molecule has 0 fully saturated rings. The molecule has 0 bridgehead atoms. The van der Waals surface area contributed by atoms with Crippen molar-refractivity contribution in [3.8, 4) is 0 Å². The van der Waals surface area contributed by atoms with Gasteiger partial charge in [-0.05, 0) is 51.0 Å². The molecule has 10 heteroatoms. The van der Waals surface area contributed by atoms with E-state index in [0.717, 1.165) is 22.0 Å². The zero-order valence-corrected chi connectivity index (χ0v) is 21.2. The molecule has 9 nitrogen and oxygen atoms in total. The van der Waals surface area contributed by atoms with Crippen LogP contribution in [0.2, 0.25) is 0 Å². The second-order valence-electron chi connectivity index (χ2n) is 8.86. The molecule has 2 N–H and O–H groups in total. The number of nitrogens with zero attached hydrogens (tertiary/aromatic N) is 3. The number of amides is 1. The molecule has 2 atom stereocenters. The molecular weight excluding hydrogens is 466 g/mol. The number of fused-ring (bicyclic) bond motifs is 2. The van der Waals surface area contributed by atoms with Crippen molar-refractivity contribution in [2.24, 2.45) is 0 Å². The highest BCUT2D eigenvalue weighted by molar-refractivity contribution is 7.90. The Balaban J connectivity index is 1.84. The van der Waals surface area contributed by atoms with Crippen LogP contribution in [0.25, 0.3) is 22.1 Å². The van der Waals surface area contributed by atoms with E-state index in [2.05, 4.69) is 14.7 Å². The van der Waals surface area contributed by atoms with Crippen LogP contribution >= 0.6 is 0 Å². The Morgan fingerprint density at radius 1 is 1.17 bits per heavy atom. The normalized spacial score (nSPS) is 13.8. The third-order valence-electron chi connectivity index (χ3n) is 6.51. The lowest BCUT2D eigenvalue weighted by molar-refractivity contribution is -0.120. The van der Waals surface area contributed by atoms with Gasteiger partial charge in [0.05, 0.1) is 17.3 Å². The number of hydrogen-bond acceptors (Lipinski definition) is 5. The maximum Gasteiger partial charge on any atom is 0.331 e. The molecule has 0 aliphatic heterocycles. The Morgan fingerprint density at radius 3 is 2.66 bits per heavy atom. The van der Waals surface area contributed by atoms with Gasteiger partial charge in [0.25, 0.3) is 0 Å². The molecule has 186 valence electrons. The lowest BCUT2D eigenvalue weighted by Gasteiger charge is -2.18. The number of hydrogen-bond donors (Lipinski definition) is 2. The zero-order chi connectivity index (χ0) is 25.3. The van der Waals surface area contributed by atoms with Crippen molar-refractivity contribution < 1.29 is 13.2 Å². The predicted octanol–water partition coefficient (Wildman–Crippen LogP) is 3.79. The molecule has 0 saturated heterocycles. The van der Waals surface area contributed by atoms with Gasteiger partial charge in [0.2, 0.25) is 15.9 Å². The summed E-state index contributed by atoms with van der Waals surface area (Å²) in [5.41, 5.74) is 3.96. The van der Waals surface area contributed by atoms with E-state index < -0.39 is 22.0 Å². The number of pyridine rings is 1. The molecule has 3 aromatic heterocycles. The van der Waals surface area contributed by atoms with Crippen LogP contribution in [0.15, 0.2) is 47.5 Å². The fourth-order valence-electron chi connectivity index (χ4n) is 4.80. The van der Waals surface area contributed by atoms with Crippen molar-refractivity contribution in [1.29, 1.82) is 0 Å². The second kappa shape index (κ2) is 9.69. The van der Waals surface area contributed by atoms with Gasteiger partial charge < -0.3 is 4.98 Å². The second-order valence-corrected chi connectivity index (χ2v) is 10.9.